The van der Waals surface area contributed by atoms with Crippen molar-refractivity contribution in [2.45, 2.75) is 11.4 Å². The Morgan fingerprint density at radius 2 is 1.86 bits per heavy atom. The van der Waals surface area contributed by atoms with Crippen LogP contribution in [0.15, 0.2) is 64.1 Å². The van der Waals surface area contributed by atoms with Crippen molar-refractivity contribution < 1.29 is 31.1 Å². The summed E-state index contributed by atoms with van der Waals surface area (Å²) in [7, 11) is -3.72. The molecule has 0 bridgehead atoms. The average molecular weight is 520 g/mol. The molecule has 0 radical (unpaired) electrons. The van der Waals surface area contributed by atoms with Gasteiger partial charge in [-0.2, -0.15) is 4.31 Å². The zero-order valence-electron chi connectivity index (χ0n) is 18.2. The van der Waals surface area contributed by atoms with Crippen LogP contribution in [-0.4, -0.2) is 49.9 Å². The van der Waals surface area contributed by atoms with E-state index < -0.39 is 27.6 Å². The van der Waals surface area contributed by atoms with Gasteiger partial charge in [0.05, 0.1) is 35.6 Å². The third kappa shape index (κ3) is 4.69. The molecule has 12 heteroatoms. The van der Waals surface area contributed by atoms with Gasteiger partial charge >= 0.3 is 0 Å². The van der Waals surface area contributed by atoms with Crippen LogP contribution in [0.1, 0.15) is 16.1 Å². The zero-order chi connectivity index (χ0) is 24.6. The smallest absolute Gasteiger partial charge is 0.260 e. The number of morpholine rings is 1. The minimum atomic E-state index is -3.72. The Kier molecular flexibility index (Phi) is 6.36. The highest BCUT2D eigenvalue weighted by molar-refractivity contribution is 7.89. The van der Waals surface area contributed by atoms with Crippen molar-refractivity contribution in [1.29, 1.82) is 0 Å². The number of carbonyl (C=O) groups is 1. The van der Waals surface area contributed by atoms with Crippen molar-refractivity contribution in [1.82, 2.24) is 9.29 Å². The van der Waals surface area contributed by atoms with E-state index in [1.807, 2.05) is 0 Å². The molecule has 0 atom stereocenters. The molecule has 0 spiro atoms. The van der Waals surface area contributed by atoms with Crippen LogP contribution in [-0.2, 0) is 21.3 Å². The molecule has 1 saturated heterocycles. The highest BCUT2D eigenvalue weighted by Gasteiger charge is 2.28. The molecule has 2 aromatic heterocycles. The topological polar surface area (TPSA) is 93.0 Å². The van der Waals surface area contributed by atoms with Gasteiger partial charge in [0, 0.05) is 24.7 Å². The van der Waals surface area contributed by atoms with Crippen molar-refractivity contribution in [2.24, 2.45) is 0 Å². The fraction of sp³-hybridized carbons (Fsp3) is 0.217. The molecule has 1 fully saturated rings. The Morgan fingerprint density at radius 3 is 2.54 bits per heavy atom. The Morgan fingerprint density at radius 1 is 1.11 bits per heavy atom. The lowest BCUT2D eigenvalue weighted by Crippen LogP contribution is -2.40. The van der Waals surface area contributed by atoms with E-state index in [1.165, 1.54) is 39.7 Å². The Hall–Kier alpha value is -3.19. The fourth-order valence-electron chi connectivity index (χ4n) is 3.71. The van der Waals surface area contributed by atoms with E-state index in [9.17, 15) is 22.0 Å². The van der Waals surface area contributed by atoms with Gasteiger partial charge in [0.15, 0.2) is 10.9 Å². The second-order valence-corrected chi connectivity index (χ2v) is 10.7. The number of thiazole rings is 1. The number of rotatable bonds is 6. The van der Waals surface area contributed by atoms with Gasteiger partial charge < -0.3 is 9.15 Å². The van der Waals surface area contributed by atoms with Gasteiger partial charge in [-0.3, -0.25) is 9.69 Å². The number of ether oxygens (including phenoxy) is 1. The first-order valence-corrected chi connectivity index (χ1v) is 12.9. The number of hydrogen-bond donors (Lipinski definition) is 0. The molecule has 0 aliphatic carbocycles. The first-order chi connectivity index (χ1) is 16.8. The highest BCUT2D eigenvalue weighted by atomic mass is 32.2. The summed E-state index contributed by atoms with van der Waals surface area (Å²) in [6, 6.07) is 10.8. The predicted octanol–water partition coefficient (Wildman–Crippen LogP) is 4.04. The Balaban J connectivity index is 1.48. The van der Waals surface area contributed by atoms with Crippen molar-refractivity contribution in [3.8, 4) is 0 Å². The standard InChI is InChI=1S/C23H19F2N3O5S2/c24-16-12-19(25)21-20(13-16)34-23(26-21)28(14-17-2-1-9-33-17)22(29)15-3-5-18(6-4-15)35(30,31)27-7-10-32-11-8-27/h1-6,9,12-13H,7-8,10-11,14H2. The number of aromatic nitrogens is 1. The number of nitrogens with zero attached hydrogens (tertiary/aromatic N) is 3. The Labute approximate surface area is 203 Å². The highest BCUT2D eigenvalue weighted by Crippen LogP contribution is 2.33. The van der Waals surface area contributed by atoms with Crippen molar-refractivity contribution in [3.63, 3.8) is 0 Å². The zero-order valence-corrected chi connectivity index (χ0v) is 19.8. The van der Waals surface area contributed by atoms with Gasteiger partial charge in [-0.05, 0) is 42.5 Å². The normalized spacial score (nSPS) is 14.9. The average Bonchev–Trinajstić information content (AvgIpc) is 3.53. The van der Waals surface area contributed by atoms with Crippen LogP contribution in [0, 0.1) is 11.6 Å². The summed E-state index contributed by atoms with van der Waals surface area (Å²) in [6.07, 6.45) is 1.46. The summed E-state index contributed by atoms with van der Waals surface area (Å²) >= 11 is 0.963. The minimum Gasteiger partial charge on any atom is -0.467 e. The molecule has 182 valence electrons. The molecule has 0 unspecified atom stereocenters. The number of fused-ring (bicyclic) bond motifs is 1. The van der Waals surface area contributed by atoms with Crippen LogP contribution in [0.3, 0.4) is 0 Å². The van der Waals surface area contributed by atoms with Gasteiger partial charge in [-0.15, -0.1) is 0 Å². The van der Waals surface area contributed by atoms with Crippen LogP contribution in [0.25, 0.3) is 10.2 Å². The van der Waals surface area contributed by atoms with E-state index >= 15 is 0 Å². The van der Waals surface area contributed by atoms with E-state index in [2.05, 4.69) is 4.98 Å². The number of halogens is 2. The maximum absolute atomic E-state index is 14.2. The van der Waals surface area contributed by atoms with Crippen molar-refractivity contribution in [2.75, 3.05) is 31.2 Å². The van der Waals surface area contributed by atoms with Gasteiger partial charge in [0.1, 0.15) is 17.1 Å². The van der Waals surface area contributed by atoms with Crippen LogP contribution >= 0.6 is 11.3 Å². The fourth-order valence-corrected chi connectivity index (χ4v) is 6.12. The van der Waals surface area contributed by atoms with E-state index in [-0.39, 0.29) is 45.4 Å². The molecule has 2 aromatic carbocycles. The second-order valence-electron chi connectivity index (χ2n) is 7.74. The lowest BCUT2D eigenvalue weighted by molar-refractivity contribution is 0.0730. The molecular formula is C23H19F2N3O5S2. The van der Waals surface area contributed by atoms with Crippen LogP contribution in [0.2, 0.25) is 0 Å². The monoisotopic (exact) mass is 519 g/mol. The predicted molar refractivity (Wildman–Crippen MR) is 125 cm³/mol. The molecule has 0 saturated carbocycles. The third-order valence-electron chi connectivity index (χ3n) is 5.48. The largest absolute Gasteiger partial charge is 0.467 e. The van der Waals surface area contributed by atoms with Crippen LogP contribution in [0.4, 0.5) is 13.9 Å². The first-order valence-electron chi connectivity index (χ1n) is 10.6. The van der Waals surface area contributed by atoms with Crippen LogP contribution in [0.5, 0.6) is 0 Å². The molecule has 1 aliphatic rings. The van der Waals surface area contributed by atoms with E-state index in [1.54, 1.807) is 12.1 Å². The third-order valence-corrected chi connectivity index (χ3v) is 8.42. The summed E-state index contributed by atoms with van der Waals surface area (Å²) in [5, 5.41) is 0.149. The number of anilines is 1. The maximum atomic E-state index is 14.2. The Bertz CT molecular complexity index is 1470. The lowest BCUT2D eigenvalue weighted by atomic mass is 10.2. The lowest BCUT2D eigenvalue weighted by Gasteiger charge is -2.26. The minimum absolute atomic E-state index is 0.0103. The molecule has 1 aliphatic heterocycles. The molecule has 1 amide bonds. The molecule has 35 heavy (non-hydrogen) atoms. The number of carbonyl (C=O) groups excluding carboxylic acids is 1. The molecule has 4 aromatic rings. The molecular weight excluding hydrogens is 500 g/mol. The summed E-state index contributed by atoms with van der Waals surface area (Å²) in [4.78, 5) is 19.0. The number of amides is 1. The SMILES string of the molecule is O=C(c1ccc(S(=O)(=O)N2CCOCC2)cc1)N(Cc1ccco1)c1nc2c(F)cc(F)cc2s1. The van der Waals surface area contributed by atoms with Crippen molar-refractivity contribution in [3.05, 3.63) is 77.8 Å². The number of sulfonamides is 1. The summed E-state index contributed by atoms with van der Waals surface area (Å²) in [6.45, 7) is 1.15. The number of hydrogen-bond acceptors (Lipinski definition) is 7. The summed E-state index contributed by atoms with van der Waals surface area (Å²) in [5.41, 5.74) is 0.152. The number of benzene rings is 2. The molecule has 0 N–H and O–H groups in total. The van der Waals surface area contributed by atoms with Crippen molar-refractivity contribution >= 4 is 42.6 Å². The van der Waals surface area contributed by atoms with Gasteiger partial charge in [-0.25, -0.2) is 22.2 Å². The summed E-state index contributed by atoms with van der Waals surface area (Å²) in [5.74, 6) is -1.62. The van der Waals surface area contributed by atoms with E-state index in [0.29, 0.717) is 19.0 Å². The molecule has 5 rings (SSSR count). The van der Waals surface area contributed by atoms with Gasteiger partial charge in [-0.1, -0.05) is 11.3 Å². The van der Waals surface area contributed by atoms with Gasteiger partial charge in [0.25, 0.3) is 5.91 Å². The second kappa shape index (κ2) is 9.46. The maximum Gasteiger partial charge on any atom is 0.260 e. The molecule has 8 nitrogen and oxygen atoms in total. The first kappa shape index (κ1) is 23.5. The van der Waals surface area contributed by atoms with E-state index in [4.69, 9.17) is 9.15 Å². The summed E-state index contributed by atoms with van der Waals surface area (Å²) < 4.78 is 65.9. The number of furan rings is 1. The van der Waals surface area contributed by atoms with E-state index in [0.717, 1.165) is 23.5 Å². The van der Waals surface area contributed by atoms with Gasteiger partial charge in [0.2, 0.25) is 10.0 Å². The van der Waals surface area contributed by atoms with Crippen LogP contribution < -0.4 is 4.90 Å². The quantitative estimate of drug-likeness (QED) is 0.382. The molecule has 3 heterocycles.